The van der Waals surface area contributed by atoms with E-state index in [2.05, 4.69) is 23.3 Å². The minimum atomic E-state index is 0.619. The first kappa shape index (κ1) is 15.3. The van der Waals surface area contributed by atoms with Gasteiger partial charge in [-0.05, 0) is 44.2 Å². The zero-order valence-corrected chi connectivity index (χ0v) is 12.8. The lowest BCUT2D eigenvalue weighted by Gasteiger charge is -2.10. The summed E-state index contributed by atoms with van der Waals surface area (Å²) in [4.78, 5) is 4.51. The van der Waals surface area contributed by atoms with Crippen LogP contribution in [0, 0.1) is 0 Å². The first-order chi connectivity index (χ1) is 10.2. The molecule has 2 rings (SSSR count). The van der Waals surface area contributed by atoms with Crippen molar-refractivity contribution in [3.8, 4) is 17.4 Å². The molecule has 1 aromatic carbocycles. The Morgan fingerprint density at radius 1 is 1.10 bits per heavy atom. The average molecular weight is 286 g/mol. The zero-order chi connectivity index (χ0) is 15.1. The van der Waals surface area contributed by atoms with Crippen LogP contribution in [-0.2, 0) is 13.0 Å². The number of aromatic nitrogens is 1. The van der Waals surface area contributed by atoms with Gasteiger partial charge in [0.1, 0.15) is 11.5 Å². The Morgan fingerprint density at radius 2 is 1.90 bits per heavy atom. The van der Waals surface area contributed by atoms with E-state index in [1.807, 2.05) is 44.3 Å². The highest BCUT2D eigenvalue weighted by Crippen LogP contribution is 2.25. The molecule has 0 saturated heterocycles. The number of nitrogens with zero attached hydrogens (tertiary/aromatic N) is 1. The highest BCUT2D eigenvalue weighted by atomic mass is 16.5. The minimum absolute atomic E-state index is 0.619. The standard InChI is InChI=1S/C17H22N2O2/c1-4-14-9-13(12-18-3)10-17(19-14)21-16-8-6-7-15(11-16)20-5-2/h6-11,18H,4-5,12H2,1-3H3. The summed E-state index contributed by atoms with van der Waals surface area (Å²) in [6.45, 7) is 5.49. The fourth-order valence-corrected chi connectivity index (χ4v) is 2.07. The SMILES string of the molecule is CCOc1cccc(Oc2cc(CNC)cc(CC)n2)c1. The number of nitrogens with one attached hydrogen (secondary N) is 1. The molecular weight excluding hydrogens is 264 g/mol. The van der Waals surface area contributed by atoms with E-state index in [4.69, 9.17) is 9.47 Å². The smallest absolute Gasteiger partial charge is 0.219 e. The van der Waals surface area contributed by atoms with Crippen LogP contribution in [0.3, 0.4) is 0 Å². The van der Waals surface area contributed by atoms with Gasteiger partial charge in [0.25, 0.3) is 0 Å². The Kier molecular flexibility index (Phi) is 5.58. The fraction of sp³-hybridized carbons (Fsp3) is 0.353. The van der Waals surface area contributed by atoms with Crippen molar-refractivity contribution >= 4 is 0 Å². The highest BCUT2D eigenvalue weighted by molar-refractivity contribution is 5.36. The molecule has 0 aliphatic heterocycles. The molecule has 0 radical (unpaired) electrons. The lowest BCUT2D eigenvalue weighted by atomic mass is 10.2. The van der Waals surface area contributed by atoms with Crippen LogP contribution in [0.15, 0.2) is 36.4 Å². The second-order valence-corrected chi connectivity index (χ2v) is 4.70. The monoisotopic (exact) mass is 286 g/mol. The van der Waals surface area contributed by atoms with Crippen molar-refractivity contribution in [2.75, 3.05) is 13.7 Å². The maximum atomic E-state index is 5.88. The molecule has 112 valence electrons. The third-order valence-electron chi connectivity index (χ3n) is 3.00. The Labute approximate surface area is 126 Å². The van der Waals surface area contributed by atoms with Gasteiger partial charge in [-0.3, -0.25) is 0 Å². The highest BCUT2D eigenvalue weighted by Gasteiger charge is 2.05. The van der Waals surface area contributed by atoms with Gasteiger partial charge in [0.2, 0.25) is 5.88 Å². The quantitative estimate of drug-likeness (QED) is 0.845. The number of hydrogen-bond acceptors (Lipinski definition) is 4. The third-order valence-corrected chi connectivity index (χ3v) is 3.00. The van der Waals surface area contributed by atoms with Gasteiger partial charge in [0.05, 0.1) is 6.61 Å². The van der Waals surface area contributed by atoms with Crippen molar-refractivity contribution in [3.63, 3.8) is 0 Å². The number of aryl methyl sites for hydroxylation is 1. The molecule has 0 saturated carbocycles. The van der Waals surface area contributed by atoms with Crippen LogP contribution < -0.4 is 14.8 Å². The fourth-order valence-electron chi connectivity index (χ4n) is 2.07. The summed E-state index contributed by atoms with van der Waals surface area (Å²) in [6, 6.07) is 11.7. The predicted molar refractivity (Wildman–Crippen MR) is 84.1 cm³/mol. The molecular formula is C17H22N2O2. The van der Waals surface area contributed by atoms with E-state index in [0.29, 0.717) is 12.5 Å². The molecule has 0 fully saturated rings. The number of hydrogen-bond donors (Lipinski definition) is 1. The van der Waals surface area contributed by atoms with Gasteiger partial charge < -0.3 is 14.8 Å². The maximum Gasteiger partial charge on any atom is 0.219 e. The van der Waals surface area contributed by atoms with Crippen LogP contribution in [0.25, 0.3) is 0 Å². The minimum Gasteiger partial charge on any atom is -0.494 e. The molecule has 2 aromatic rings. The van der Waals surface area contributed by atoms with Crippen molar-refractivity contribution in [3.05, 3.63) is 47.7 Å². The van der Waals surface area contributed by atoms with E-state index in [0.717, 1.165) is 30.2 Å². The van der Waals surface area contributed by atoms with Gasteiger partial charge in [-0.1, -0.05) is 13.0 Å². The molecule has 1 N–H and O–H groups in total. The van der Waals surface area contributed by atoms with Crippen LogP contribution in [0.1, 0.15) is 25.1 Å². The summed E-state index contributed by atoms with van der Waals surface area (Å²) in [5.74, 6) is 2.16. The van der Waals surface area contributed by atoms with Gasteiger partial charge >= 0.3 is 0 Å². The zero-order valence-electron chi connectivity index (χ0n) is 12.8. The van der Waals surface area contributed by atoms with E-state index in [1.165, 1.54) is 5.56 Å². The van der Waals surface area contributed by atoms with Crippen LogP contribution in [0.4, 0.5) is 0 Å². The third kappa shape index (κ3) is 4.46. The summed E-state index contributed by atoms with van der Waals surface area (Å²) in [5, 5.41) is 3.15. The van der Waals surface area contributed by atoms with Crippen LogP contribution in [-0.4, -0.2) is 18.6 Å². The molecule has 4 nitrogen and oxygen atoms in total. The Hall–Kier alpha value is -2.07. The number of ether oxygens (including phenoxy) is 2. The average Bonchev–Trinajstić information content (AvgIpc) is 2.48. The van der Waals surface area contributed by atoms with Crippen LogP contribution in [0.5, 0.6) is 17.4 Å². The second-order valence-electron chi connectivity index (χ2n) is 4.70. The molecule has 4 heteroatoms. The normalized spacial score (nSPS) is 10.4. The summed E-state index contributed by atoms with van der Waals surface area (Å²) < 4.78 is 11.4. The van der Waals surface area contributed by atoms with Crippen molar-refractivity contribution in [1.29, 1.82) is 0 Å². The van der Waals surface area contributed by atoms with Crippen molar-refractivity contribution in [2.24, 2.45) is 0 Å². The van der Waals surface area contributed by atoms with Gasteiger partial charge in [-0.25, -0.2) is 4.98 Å². The molecule has 0 spiro atoms. The van der Waals surface area contributed by atoms with Gasteiger partial charge in [-0.15, -0.1) is 0 Å². The first-order valence-corrected chi connectivity index (χ1v) is 7.30. The molecule has 0 aliphatic rings. The molecule has 1 heterocycles. The summed E-state index contributed by atoms with van der Waals surface area (Å²) in [5.41, 5.74) is 2.19. The van der Waals surface area contributed by atoms with Crippen LogP contribution >= 0.6 is 0 Å². The molecule has 1 aromatic heterocycles. The molecule has 0 atom stereocenters. The van der Waals surface area contributed by atoms with Gasteiger partial charge in [0, 0.05) is 24.4 Å². The first-order valence-electron chi connectivity index (χ1n) is 7.30. The molecule has 0 aliphatic carbocycles. The molecule has 21 heavy (non-hydrogen) atoms. The topological polar surface area (TPSA) is 43.4 Å². The molecule has 0 unspecified atom stereocenters. The van der Waals surface area contributed by atoms with Gasteiger partial charge in [0.15, 0.2) is 0 Å². The van der Waals surface area contributed by atoms with Crippen molar-refractivity contribution in [2.45, 2.75) is 26.8 Å². The molecule has 0 bridgehead atoms. The van der Waals surface area contributed by atoms with E-state index in [1.54, 1.807) is 0 Å². The Balaban J connectivity index is 2.21. The van der Waals surface area contributed by atoms with E-state index in [9.17, 15) is 0 Å². The Morgan fingerprint density at radius 3 is 2.62 bits per heavy atom. The van der Waals surface area contributed by atoms with Crippen LogP contribution in [0.2, 0.25) is 0 Å². The largest absolute Gasteiger partial charge is 0.494 e. The molecule has 0 amide bonds. The summed E-state index contributed by atoms with van der Waals surface area (Å²) in [6.07, 6.45) is 0.882. The Bertz CT molecular complexity index is 585. The van der Waals surface area contributed by atoms with E-state index < -0.39 is 0 Å². The predicted octanol–water partition coefficient (Wildman–Crippen LogP) is 3.55. The van der Waals surface area contributed by atoms with E-state index >= 15 is 0 Å². The lowest BCUT2D eigenvalue weighted by molar-refractivity contribution is 0.338. The van der Waals surface area contributed by atoms with E-state index in [-0.39, 0.29) is 0 Å². The summed E-state index contributed by atoms with van der Waals surface area (Å²) in [7, 11) is 1.93. The summed E-state index contributed by atoms with van der Waals surface area (Å²) >= 11 is 0. The number of benzene rings is 1. The maximum absolute atomic E-state index is 5.88. The van der Waals surface area contributed by atoms with Gasteiger partial charge in [-0.2, -0.15) is 0 Å². The number of rotatable bonds is 7. The number of pyridine rings is 1. The van der Waals surface area contributed by atoms with Crippen molar-refractivity contribution in [1.82, 2.24) is 10.3 Å². The lowest BCUT2D eigenvalue weighted by Crippen LogP contribution is -2.06. The van der Waals surface area contributed by atoms with Crippen molar-refractivity contribution < 1.29 is 9.47 Å². The second kappa shape index (κ2) is 7.64.